The SMILES string of the molecule is O=C(NN1CCOC2C=CC=CC21)c1cnc2c(-c3cc(F)cc(F)c3C(F)(F)F)c(F)ccc2c1N1CCOCC1. The van der Waals surface area contributed by atoms with Crippen molar-refractivity contribution in [2.24, 2.45) is 0 Å². The maximum absolute atomic E-state index is 15.3. The van der Waals surface area contributed by atoms with Crippen molar-refractivity contribution in [2.45, 2.75) is 18.3 Å². The first-order valence-corrected chi connectivity index (χ1v) is 13.2. The third-order valence-electron chi connectivity index (χ3n) is 7.44. The molecule has 2 aliphatic heterocycles. The number of rotatable bonds is 4. The van der Waals surface area contributed by atoms with Gasteiger partial charge in [-0.3, -0.25) is 15.2 Å². The first-order chi connectivity index (χ1) is 20.1. The van der Waals surface area contributed by atoms with E-state index in [-0.39, 0.29) is 40.4 Å². The second-order valence-electron chi connectivity index (χ2n) is 9.98. The summed E-state index contributed by atoms with van der Waals surface area (Å²) in [6.07, 6.45) is 3.07. The lowest BCUT2D eigenvalue weighted by molar-refractivity contribution is -0.139. The number of nitrogens with one attached hydrogen (secondary N) is 1. The van der Waals surface area contributed by atoms with E-state index in [1.807, 2.05) is 24.3 Å². The van der Waals surface area contributed by atoms with E-state index >= 15 is 4.39 Å². The second-order valence-corrected chi connectivity index (χ2v) is 9.98. The summed E-state index contributed by atoms with van der Waals surface area (Å²) in [5, 5.41) is 1.87. The number of ether oxygens (including phenoxy) is 2. The molecule has 3 heterocycles. The van der Waals surface area contributed by atoms with Gasteiger partial charge in [-0.25, -0.2) is 18.2 Å². The summed E-state index contributed by atoms with van der Waals surface area (Å²) in [5.74, 6) is -4.90. The molecule has 0 radical (unpaired) electrons. The van der Waals surface area contributed by atoms with E-state index < -0.39 is 46.2 Å². The first kappa shape index (κ1) is 28.2. The van der Waals surface area contributed by atoms with Crippen LogP contribution in [0.2, 0.25) is 0 Å². The molecule has 13 heteroatoms. The molecular weight excluding hydrogens is 566 g/mol. The number of benzene rings is 2. The Kier molecular flexibility index (Phi) is 7.41. The molecule has 2 aromatic carbocycles. The number of nitrogens with zero attached hydrogens (tertiary/aromatic N) is 3. The molecule has 0 bridgehead atoms. The van der Waals surface area contributed by atoms with Crippen molar-refractivity contribution in [3.8, 4) is 11.1 Å². The van der Waals surface area contributed by atoms with Crippen LogP contribution in [-0.4, -0.2) is 67.5 Å². The molecule has 2 fully saturated rings. The van der Waals surface area contributed by atoms with E-state index in [1.165, 1.54) is 6.07 Å². The molecule has 1 amide bonds. The van der Waals surface area contributed by atoms with Crippen LogP contribution < -0.4 is 10.3 Å². The number of carbonyl (C=O) groups excluding carboxylic acids is 1. The van der Waals surface area contributed by atoms with Crippen LogP contribution in [-0.2, 0) is 15.7 Å². The lowest BCUT2D eigenvalue weighted by Crippen LogP contribution is -2.57. The molecule has 1 aliphatic carbocycles. The molecule has 220 valence electrons. The number of anilines is 1. The maximum Gasteiger partial charge on any atom is 0.419 e. The molecule has 2 saturated heterocycles. The number of morpholine rings is 2. The van der Waals surface area contributed by atoms with E-state index in [4.69, 9.17) is 9.47 Å². The summed E-state index contributed by atoms with van der Waals surface area (Å²) < 4.78 is 97.1. The Morgan fingerprint density at radius 1 is 0.976 bits per heavy atom. The summed E-state index contributed by atoms with van der Waals surface area (Å²) in [4.78, 5) is 19.7. The summed E-state index contributed by atoms with van der Waals surface area (Å²) in [7, 11) is 0. The fraction of sp³-hybridized carbons (Fsp3) is 0.310. The molecule has 42 heavy (non-hydrogen) atoms. The quantitative estimate of drug-likeness (QED) is 0.431. The number of carbonyl (C=O) groups is 1. The average molecular weight is 591 g/mol. The molecule has 3 aliphatic rings. The minimum Gasteiger partial charge on any atom is -0.378 e. The highest BCUT2D eigenvalue weighted by Gasteiger charge is 2.39. The number of allylic oxidation sites excluding steroid dienone is 2. The Labute approximate surface area is 236 Å². The number of alkyl halides is 3. The van der Waals surface area contributed by atoms with Gasteiger partial charge in [0.05, 0.1) is 54.3 Å². The van der Waals surface area contributed by atoms with Gasteiger partial charge in [0.15, 0.2) is 0 Å². The molecule has 0 spiro atoms. The Hall–Kier alpha value is -3.94. The number of hydrogen-bond acceptors (Lipinski definition) is 6. The van der Waals surface area contributed by atoms with Gasteiger partial charge in [0.1, 0.15) is 17.5 Å². The van der Waals surface area contributed by atoms with Crippen LogP contribution >= 0.6 is 0 Å². The number of halogens is 6. The molecule has 2 unspecified atom stereocenters. The zero-order chi connectivity index (χ0) is 29.6. The predicted octanol–water partition coefficient (Wildman–Crippen LogP) is 5.01. The molecule has 2 atom stereocenters. The van der Waals surface area contributed by atoms with Crippen molar-refractivity contribution in [1.82, 2.24) is 15.4 Å². The van der Waals surface area contributed by atoms with E-state index in [1.54, 1.807) is 9.91 Å². The van der Waals surface area contributed by atoms with Gasteiger partial charge in [0, 0.05) is 48.4 Å². The molecule has 7 nitrogen and oxygen atoms in total. The summed E-state index contributed by atoms with van der Waals surface area (Å²) in [6.45, 7) is 2.00. The average Bonchev–Trinajstić information content (AvgIpc) is 2.96. The zero-order valence-electron chi connectivity index (χ0n) is 21.9. The van der Waals surface area contributed by atoms with Crippen LogP contribution in [0, 0.1) is 17.5 Å². The highest BCUT2D eigenvalue weighted by Crippen LogP contribution is 2.44. The van der Waals surface area contributed by atoms with Gasteiger partial charge in [-0.05, 0) is 18.2 Å². The Morgan fingerprint density at radius 3 is 2.50 bits per heavy atom. The normalized spacial score (nSPS) is 21.0. The van der Waals surface area contributed by atoms with E-state index in [0.29, 0.717) is 45.5 Å². The summed E-state index contributed by atoms with van der Waals surface area (Å²) in [6, 6.07) is 2.46. The highest BCUT2D eigenvalue weighted by atomic mass is 19.4. The van der Waals surface area contributed by atoms with Crippen molar-refractivity contribution in [1.29, 1.82) is 0 Å². The van der Waals surface area contributed by atoms with Crippen molar-refractivity contribution in [3.63, 3.8) is 0 Å². The molecule has 3 aromatic rings. The number of fused-ring (bicyclic) bond motifs is 2. The van der Waals surface area contributed by atoms with Gasteiger partial charge < -0.3 is 14.4 Å². The standard InChI is InChI=1S/C29H24F6N4O3/c30-16-13-18(25(21(32)14-16)29(33,34)35)24-20(31)6-5-17-26(24)36-15-19(27(17)38-7-10-41-11-8-38)28(40)37-39-9-12-42-23-4-2-1-3-22(23)39/h1-6,13-15,22-23H,7-12H2,(H,37,40). The lowest BCUT2D eigenvalue weighted by Gasteiger charge is -2.39. The maximum atomic E-state index is 15.3. The van der Waals surface area contributed by atoms with Crippen LogP contribution in [0.25, 0.3) is 22.0 Å². The van der Waals surface area contributed by atoms with Gasteiger partial charge in [0.25, 0.3) is 5.91 Å². The number of hydrazine groups is 1. The Balaban J connectivity index is 1.51. The van der Waals surface area contributed by atoms with Gasteiger partial charge in [-0.2, -0.15) is 13.2 Å². The van der Waals surface area contributed by atoms with Crippen LogP contribution in [0.15, 0.2) is 54.8 Å². The molecule has 1 aromatic heterocycles. The van der Waals surface area contributed by atoms with E-state index in [2.05, 4.69) is 10.4 Å². The van der Waals surface area contributed by atoms with Crippen LogP contribution in [0.5, 0.6) is 0 Å². The van der Waals surface area contributed by atoms with Crippen molar-refractivity contribution < 1.29 is 40.6 Å². The second kappa shape index (κ2) is 11.0. The number of amides is 1. The van der Waals surface area contributed by atoms with E-state index in [9.17, 15) is 26.7 Å². The van der Waals surface area contributed by atoms with Crippen LogP contribution in [0.3, 0.4) is 0 Å². The van der Waals surface area contributed by atoms with Crippen molar-refractivity contribution in [3.05, 3.63) is 83.3 Å². The number of pyridine rings is 1. The monoisotopic (exact) mass is 590 g/mol. The molecule has 6 rings (SSSR count). The van der Waals surface area contributed by atoms with Crippen molar-refractivity contribution >= 4 is 22.5 Å². The largest absolute Gasteiger partial charge is 0.419 e. The number of hydrogen-bond donors (Lipinski definition) is 1. The summed E-state index contributed by atoms with van der Waals surface area (Å²) >= 11 is 0. The van der Waals surface area contributed by atoms with Gasteiger partial charge in [-0.1, -0.05) is 24.3 Å². The highest BCUT2D eigenvalue weighted by molar-refractivity contribution is 6.10. The smallest absolute Gasteiger partial charge is 0.378 e. The van der Waals surface area contributed by atoms with Gasteiger partial charge in [0.2, 0.25) is 0 Å². The van der Waals surface area contributed by atoms with Crippen molar-refractivity contribution in [2.75, 3.05) is 44.4 Å². The van der Waals surface area contributed by atoms with Gasteiger partial charge in [-0.15, -0.1) is 0 Å². The predicted molar refractivity (Wildman–Crippen MR) is 141 cm³/mol. The third-order valence-corrected chi connectivity index (χ3v) is 7.44. The van der Waals surface area contributed by atoms with Crippen LogP contribution in [0.1, 0.15) is 15.9 Å². The van der Waals surface area contributed by atoms with Gasteiger partial charge >= 0.3 is 6.18 Å². The Bertz CT molecular complexity index is 1600. The van der Waals surface area contributed by atoms with Crippen LogP contribution in [0.4, 0.5) is 32.0 Å². The summed E-state index contributed by atoms with van der Waals surface area (Å²) in [5.41, 5.74) is -0.593. The third kappa shape index (κ3) is 5.12. The minimum atomic E-state index is -5.26. The fourth-order valence-electron chi connectivity index (χ4n) is 5.60. The minimum absolute atomic E-state index is 0.0850. The molecule has 0 saturated carbocycles. The number of aromatic nitrogens is 1. The molecular formula is C29H24F6N4O3. The molecule has 1 N–H and O–H groups in total. The Morgan fingerprint density at radius 2 is 1.74 bits per heavy atom. The first-order valence-electron chi connectivity index (χ1n) is 13.2. The fourth-order valence-corrected chi connectivity index (χ4v) is 5.60. The lowest BCUT2D eigenvalue weighted by atomic mass is 9.94. The van der Waals surface area contributed by atoms with E-state index in [0.717, 1.165) is 12.3 Å². The topological polar surface area (TPSA) is 66.9 Å². The zero-order valence-corrected chi connectivity index (χ0v) is 21.9.